The Kier molecular flexibility index (Phi) is 7.01. The smallest absolute Gasteiger partial charge is 0.0477 e. The fourth-order valence-corrected chi connectivity index (χ4v) is 2.43. The topological polar surface area (TPSA) is 24.5 Å². The molecule has 0 amide bonds. The first-order valence-electron chi connectivity index (χ1n) is 6.73. The van der Waals surface area contributed by atoms with E-state index < -0.39 is 0 Å². The summed E-state index contributed by atoms with van der Waals surface area (Å²) < 4.78 is 5.33. The van der Waals surface area contributed by atoms with Gasteiger partial charge < -0.3 is 15.0 Å². The number of rotatable bonds is 7. The molecule has 1 aliphatic heterocycles. The summed E-state index contributed by atoms with van der Waals surface area (Å²) in [6, 6.07) is 0.643. The average molecular weight is 228 g/mol. The van der Waals surface area contributed by atoms with Crippen molar-refractivity contribution in [2.24, 2.45) is 5.92 Å². The summed E-state index contributed by atoms with van der Waals surface area (Å²) in [4.78, 5) is 2.45. The maximum absolute atomic E-state index is 5.33. The molecule has 1 fully saturated rings. The van der Waals surface area contributed by atoms with Crippen molar-refractivity contribution in [2.75, 3.05) is 39.9 Å². The van der Waals surface area contributed by atoms with Gasteiger partial charge in [0, 0.05) is 25.8 Å². The third kappa shape index (κ3) is 5.28. The monoisotopic (exact) mass is 228 g/mol. The number of nitrogens with one attached hydrogen (secondary N) is 1. The quantitative estimate of drug-likeness (QED) is 0.672. The number of ether oxygens (including phenoxy) is 1. The van der Waals surface area contributed by atoms with E-state index in [9.17, 15) is 0 Å². The van der Waals surface area contributed by atoms with Crippen LogP contribution in [-0.4, -0.2) is 50.8 Å². The molecule has 1 heterocycles. The second kappa shape index (κ2) is 8.04. The summed E-state index contributed by atoms with van der Waals surface area (Å²) in [7, 11) is 2.23. The van der Waals surface area contributed by atoms with E-state index in [1.54, 1.807) is 0 Å². The van der Waals surface area contributed by atoms with Crippen molar-refractivity contribution in [2.45, 2.75) is 39.2 Å². The predicted molar refractivity (Wildman–Crippen MR) is 68.8 cm³/mol. The van der Waals surface area contributed by atoms with Gasteiger partial charge in [-0.05, 0) is 59.2 Å². The van der Waals surface area contributed by atoms with E-state index in [4.69, 9.17) is 4.74 Å². The van der Waals surface area contributed by atoms with Gasteiger partial charge in [-0.15, -0.1) is 0 Å². The third-order valence-corrected chi connectivity index (χ3v) is 3.50. The van der Waals surface area contributed by atoms with Crippen LogP contribution in [0.1, 0.15) is 33.1 Å². The lowest BCUT2D eigenvalue weighted by molar-refractivity contribution is 0.140. The van der Waals surface area contributed by atoms with Gasteiger partial charge in [-0.25, -0.2) is 0 Å². The first-order chi connectivity index (χ1) is 7.74. The van der Waals surface area contributed by atoms with Crippen LogP contribution in [0, 0.1) is 5.92 Å². The molecule has 0 aromatic carbocycles. The molecule has 0 aromatic rings. The van der Waals surface area contributed by atoms with Crippen LogP contribution in [0.4, 0.5) is 0 Å². The molecular formula is C13H28N2O. The standard InChI is InChI=1S/C13H28N2O/c1-4-16-10-6-8-14-12(2)13-7-5-9-15(3)11-13/h12-14H,4-11H2,1-3H3. The Labute approximate surface area is 101 Å². The summed E-state index contributed by atoms with van der Waals surface area (Å²) in [6.07, 6.45) is 3.86. The summed E-state index contributed by atoms with van der Waals surface area (Å²) in [5.41, 5.74) is 0. The first kappa shape index (κ1) is 13.9. The molecule has 0 radical (unpaired) electrons. The third-order valence-electron chi connectivity index (χ3n) is 3.50. The number of nitrogens with zero attached hydrogens (tertiary/aromatic N) is 1. The summed E-state index contributed by atoms with van der Waals surface area (Å²) >= 11 is 0. The fourth-order valence-electron chi connectivity index (χ4n) is 2.43. The van der Waals surface area contributed by atoms with Crippen LogP contribution in [0.2, 0.25) is 0 Å². The second-order valence-corrected chi connectivity index (χ2v) is 4.96. The highest BCUT2D eigenvalue weighted by atomic mass is 16.5. The van der Waals surface area contributed by atoms with Crippen molar-refractivity contribution in [3.05, 3.63) is 0 Å². The minimum Gasteiger partial charge on any atom is -0.382 e. The van der Waals surface area contributed by atoms with Gasteiger partial charge in [0.2, 0.25) is 0 Å². The number of hydrogen-bond acceptors (Lipinski definition) is 3. The Hall–Kier alpha value is -0.120. The zero-order valence-corrected chi connectivity index (χ0v) is 11.2. The zero-order chi connectivity index (χ0) is 11.8. The molecule has 16 heavy (non-hydrogen) atoms. The Morgan fingerprint density at radius 1 is 1.50 bits per heavy atom. The highest BCUT2D eigenvalue weighted by Gasteiger charge is 2.21. The second-order valence-electron chi connectivity index (χ2n) is 4.96. The van der Waals surface area contributed by atoms with E-state index in [-0.39, 0.29) is 0 Å². The highest BCUT2D eigenvalue weighted by Crippen LogP contribution is 2.18. The lowest BCUT2D eigenvalue weighted by Crippen LogP contribution is -2.43. The van der Waals surface area contributed by atoms with Crippen molar-refractivity contribution >= 4 is 0 Å². The van der Waals surface area contributed by atoms with Gasteiger partial charge in [0.25, 0.3) is 0 Å². The molecule has 3 heteroatoms. The Morgan fingerprint density at radius 3 is 3.00 bits per heavy atom. The van der Waals surface area contributed by atoms with Gasteiger partial charge >= 0.3 is 0 Å². The molecule has 0 aromatic heterocycles. The lowest BCUT2D eigenvalue weighted by atomic mass is 9.92. The number of likely N-dealkylation sites (tertiary alicyclic amines) is 1. The molecule has 2 atom stereocenters. The maximum atomic E-state index is 5.33. The van der Waals surface area contributed by atoms with E-state index in [0.717, 1.165) is 32.1 Å². The van der Waals surface area contributed by atoms with Gasteiger partial charge in [0.1, 0.15) is 0 Å². The van der Waals surface area contributed by atoms with Crippen LogP contribution in [-0.2, 0) is 4.74 Å². The molecule has 1 N–H and O–H groups in total. The van der Waals surface area contributed by atoms with Crippen LogP contribution < -0.4 is 5.32 Å². The van der Waals surface area contributed by atoms with E-state index >= 15 is 0 Å². The minimum absolute atomic E-state index is 0.643. The van der Waals surface area contributed by atoms with Crippen LogP contribution in [0.3, 0.4) is 0 Å². The molecule has 1 saturated heterocycles. The maximum Gasteiger partial charge on any atom is 0.0477 e. The molecule has 96 valence electrons. The number of piperidine rings is 1. The van der Waals surface area contributed by atoms with Gasteiger partial charge in [-0.3, -0.25) is 0 Å². The van der Waals surface area contributed by atoms with Crippen molar-refractivity contribution in [3.63, 3.8) is 0 Å². The molecular weight excluding hydrogens is 200 g/mol. The molecule has 1 rings (SSSR count). The molecule has 0 bridgehead atoms. The predicted octanol–water partition coefficient (Wildman–Crippen LogP) is 1.73. The van der Waals surface area contributed by atoms with Crippen LogP contribution in [0.25, 0.3) is 0 Å². The molecule has 0 saturated carbocycles. The molecule has 0 spiro atoms. The highest BCUT2D eigenvalue weighted by molar-refractivity contribution is 4.78. The SMILES string of the molecule is CCOCCCNC(C)C1CCCN(C)C1. The van der Waals surface area contributed by atoms with Crippen molar-refractivity contribution in [1.29, 1.82) is 0 Å². The summed E-state index contributed by atoms with van der Waals surface area (Å²) in [5, 5.41) is 3.63. The molecule has 2 unspecified atom stereocenters. The van der Waals surface area contributed by atoms with Gasteiger partial charge in [-0.1, -0.05) is 0 Å². The van der Waals surface area contributed by atoms with E-state index in [1.807, 2.05) is 6.92 Å². The van der Waals surface area contributed by atoms with Crippen molar-refractivity contribution < 1.29 is 4.74 Å². The van der Waals surface area contributed by atoms with E-state index in [2.05, 4.69) is 24.2 Å². The molecule has 1 aliphatic rings. The van der Waals surface area contributed by atoms with Gasteiger partial charge in [-0.2, -0.15) is 0 Å². The van der Waals surface area contributed by atoms with Crippen molar-refractivity contribution in [3.8, 4) is 0 Å². The summed E-state index contributed by atoms with van der Waals surface area (Å²) in [5.74, 6) is 0.825. The largest absolute Gasteiger partial charge is 0.382 e. The van der Waals surface area contributed by atoms with Crippen LogP contribution in [0.5, 0.6) is 0 Å². The molecule has 0 aliphatic carbocycles. The Morgan fingerprint density at radius 2 is 2.31 bits per heavy atom. The van der Waals surface area contributed by atoms with Crippen LogP contribution in [0.15, 0.2) is 0 Å². The zero-order valence-electron chi connectivity index (χ0n) is 11.2. The van der Waals surface area contributed by atoms with Gasteiger partial charge in [0.15, 0.2) is 0 Å². The van der Waals surface area contributed by atoms with E-state index in [1.165, 1.54) is 25.9 Å². The average Bonchev–Trinajstić information content (AvgIpc) is 2.28. The van der Waals surface area contributed by atoms with E-state index in [0.29, 0.717) is 6.04 Å². The van der Waals surface area contributed by atoms with Crippen molar-refractivity contribution in [1.82, 2.24) is 10.2 Å². The lowest BCUT2D eigenvalue weighted by Gasteiger charge is -2.34. The first-order valence-corrected chi connectivity index (χ1v) is 6.73. The number of hydrogen-bond donors (Lipinski definition) is 1. The van der Waals surface area contributed by atoms with Gasteiger partial charge in [0.05, 0.1) is 0 Å². The fraction of sp³-hybridized carbons (Fsp3) is 1.00. The molecule has 3 nitrogen and oxygen atoms in total. The Balaban J connectivity index is 2.06. The minimum atomic E-state index is 0.643. The normalized spacial score (nSPS) is 24.6. The van der Waals surface area contributed by atoms with Crippen LogP contribution >= 0.6 is 0 Å². The summed E-state index contributed by atoms with van der Waals surface area (Å²) in [6.45, 7) is 9.71. The Bertz CT molecular complexity index is 175.